The van der Waals surface area contributed by atoms with Crippen molar-refractivity contribution in [2.45, 2.75) is 11.8 Å². The van der Waals surface area contributed by atoms with Crippen LogP contribution in [-0.2, 0) is 14.8 Å². The molecule has 0 atom stereocenters. The van der Waals surface area contributed by atoms with Crippen LogP contribution in [0.4, 0.5) is 5.69 Å². The van der Waals surface area contributed by atoms with Crippen molar-refractivity contribution < 1.29 is 13.2 Å². The predicted molar refractivity (Wildman–Crippen MR) is 117 cm³/mol. The van der Waals surface area contributed by atoms with Crippen molar-refractivity contribution >= 4 is 39.4 Å². The number of para-hydroxylation sites is 1. The van der Waals surface area contributed by atoms with E-state index in [1.165, 1.54) is 18.3 Å². The fraction of sp³-hybridized carbons (Fsp3) is 0.0952. The molecule has 1 amide bonds. The van der Waals surface area contributed by atoms with Crippen LogP contribution in [0.15, 0.2) is 82.9 Å². The topological polar surface area (TPSA) is 91.7 Å². The first-order chi connectivity index (χ1) is 14.4. The summed E-state index contributed by atoms with van der Waals surface area (Å²) in [5.74, 6) is -0.627. The third-order valence-electron chi connectivity index (χ3n) is 4.09. The second kappa shape index (κ2) is 9.51. The van der Waals surface area contributed by atoms with Crippen molar-refractivity contribution in [2.75, 3.05) is 10.8 Å². The highest BCUT2D eigenvalue weighted by Crippen LogP contribution is 2.30. The Morgan fingerprint density at radius 2 is 1.80 bits per heavy atom. The molecule has 0 aliphatic rings. The van der Waals surface area contributed by atoms with E-state index in [4.69, 9.17) is 11.6 Å². The molecule has 0 aliphatic heterocycles. The van der Waals surface area contributed by atoms with E-state index in [9.17, 15) is 13.2 Å². The molecule has 9 heteroatoms. The maximum Gasteiger partial charge on any atom is 0.264 e. The minimum absolute atomic E-state index is 0.0535. The lowest BCUT2D eigenvalue weighted by Crippen LogP contribution is -2.39. The highest BCUT2D eigenvalue weighted by Gasteiger charge is 2.28. The number of halogens is 1. The Balaban J connectivity index is 1.87. The Hall–Kier alpha value is -3.23. The number of carbonyl (C=O) groups is 1. The fourth-order valence-electron chi connectivity index (χ4n) is 2.58. The summed E-state index contributed by atoms with van der Waals surface area (Å²) in [6.07, 6.45) is 2.96. The molecule has 3 aromatic rings. The summed E-state index contributed by atoms with van der Waals surface area (Å²) in [4.78, 5) is 16.6. The molecule has 2 aromatic carbocycles. The molecule has 0 spiro atoms. The lowest BCUT2D eigenvalue weighted by atomic mass is 10.2. The number of rotatable bonds is 7. The Morgan fingerprint density at radius 1 is 1.10 bits per heavy atom. The van der Waals surface area contributed by atoms with Gasteiger partial charge in [0.1, 0.15) is 6.54 Å². The molecule has 0 aliphatic carbocycles. The zero-order valence-corrected chi connectivity index (χ0v) is 17.6. The number of anilines is 1. The van der Waals surface area contributed by atoms with E-state index in [0.717, 1.165) is 9.87 Å². The first-order valence-corrected chi connectivity index (χ1v) is 10.8. The number of carbonyl (C=O) groups excluding carboxylic acids is 1. The molecule has 1 N–H and O–H groups in total. The average molecular weight is 443 g/mol. The van der Waals surface area contributed by atoms with Crippen LogP contribution in [-0.4, -0.2) is 32.1 Å². The summed E-state index contributed by atoms with van der Waals surface area (Å²) >= 11 is 6.23. The summed E-state index contributed by atoms with van der Waals surface area (Å²) in [5.41, 5.74) is 3.99. The average Bonchev–Trinajstić information content (AvgIpc) is 2.74. The molecule has 0 fully saturated rings. The third-order valence-corrected chi connectivity index (χ3v) is 6.18. The van der Waals surface area contributed by atoms with Gasteiger partial charge in [-0.1, -0.05) is 47.5 Å². The van der Waals surface area contributed by atoms with Gasteiger partial charge in [-0.15, -0.1) is 0 Å². The first-order valence-electron chi connectivity index (χ1n) is 8.95. The van der Waals surface area contributed by atoms with E-state index in [2.05, 4.69) is 15.5 Å². The Labute approximate surface area is 180 Å². The summed E-state index contributed by atoms with van der Waals surface area (Å²) in [6.45, 7) is 1.36. The normalized spacial score (nSPS) is 11.4. The second-order valence-corrected chi connectivity index (χ2v) is 8.59. The van der Waals surface area contributed by atoms with Gasteiger partial charge in [0.05, 0.1) is 27.5 Å². The van der Waals surface area contributed by atoms with Crippen molar-refractivity contribution in [2.24, 2.45) is 5.10 Å². The van der Waals surface area contributed by atoms with Crippen LogP contribution >= 0.6 is 11.6 Å². The molecule has 0 radical (unpaired) electrons. The Morgan fingerprint density at radius 3 is 2.47 bits per heavy atom. The molecular formula is C21H19ClN4O3S. The number of nitrogens with one attached hydrogen (secondary N) is 1. The number of hydrogen-bond donors (Lipinski definition) is 1. The van der Waals surface area contributed by atoms with E-state index in [0.29, 0.717) is 5.69 Å². The van der Waals surface area contributed by atoms with Gasteiger partial charge in [-0.3, -0.25) is 14.1 Å². The number of aromatic nitrogens is 1. The van der Waals surface area contributed by atoms with E-state index >= 15 is 0 Å². The maximum atomic E-state index is 13.3. The second-order valence-electron chi connectivity index (χ2n) is 6.32. The van der Waals surface area contributed by atoms with E-state index < -0.39 is 22.5 Å². The van der Waals surface area contributed by atoms with Gasteiger partial charge >= 0.3 is 0 Å². The summed E-state index contributed by atoms with van der Waals surface area (Å²) in [6, 6.07) is 18.0. The van der Waals surface area contributed by atoms with Crippen molar-refractivity contribution in [3.8, 4) is 0 Å². The maximum absolute atomic E-state index is 13.3. The van der Waals surface area contributed by atoms with Crippen molar-refractivity contribution in [1.82, 2.24) is 10.4 Å². The van der Waals surface area contributed by atoms with Crippen molar-refractivity contribution in [3.05, 3.63) is 89.2 Å². The SMILES string of the molecule is Cc1ccc(S(=O)(=O)N(CC(=O)N/N=C\c2ccccn2)c2ccccc2Cl)cc1. The summed E-state index contributed by atoms with van der Waals surface area (Å²) in [5, 5.41) is 4.04. The number of nitrogens with zero attached hydrogens (tertiary/aromatic N) is 3. The van der Waals surface area contributed by atoms with Gasteiger partial charge in [0.25, 0.3) is 15.9 Å². The van der Waals surface area contributed by atoms with Crippen LogP contribution < -0.4 is 9.73 Å². The van der Waals surface area contributed by atoms with Crippen LogP contribution in [0.2, 0.25) is 5.02 Å². The molecule has 0 saturated heterocycles. The van der Waals surface area contributed by atoms with Crippen LogP contribution in [0.5, 0.6) is 0 Å². The fourth-order valence-corrected chi connectivity index (χ4v) is 4.31. The molecular weight excluding hydrogens is 424 g/mol. The number of pyridine rings is 1. The quantitative estimate of drug-likeness (QED) is 0.448. The van der Waals surface area contributed by atoms with Gasteiger partial charge in [0, 0.05) is 6.20 Å². The zero-order chi connectivity index (χ0) is 21.6. The van der Waals surface area contributed by atoms with E-state index in [1.807, 2.05) is 6.92 Å². The molecule has 0 unspecified atom stereocenters. The van der Waals surface area contributed by atoms with Gasteiger partial charge in [-0.2, -0.15) is 5.10 Å². The molecule has 7 nitrogen and oxygen atoms in total. The van der Waals surface area contributed by atoms with Crippen molar-refractivity contribution in [1.29, 1.82) is 0 Å². The van der Waals surface area contributed by atoms with Gasteiger partial charge in [0.2, 0.25) is 0 Å². The van der Waals surface area contributed by atoms with Gasteiger partial charge in [0.15, 0.2) is 0 Å². The first kappa shape index (κ1) is 21.5. The summed E-state index contributed by atoms with van der Waals surface area (Å²) < 4.78 is 27.5. The lowest BCUT2D eigenvalue weighted by molar-refractivity contribution is -0.119. The minimum Gasteiger partial charge on any atom is -0.271 e. The molecule has 0 bridgehead atoms. The van der Waals surface area contributed by atoms with E-state index in [-0.39, 0.29) is 15.6 Å². The smallest absolute Gasteiger partial charge is 0.264 e. The highest BCUT2D eigenvalue weighted by atomic mass is 35.5. The minimum atomic E-state index is -4.04. The lowest BCUT2D eigenvalue weighted by Gasteiger charge is -2.24. The van der Waals surface area contributed by atoms with Gasteiger partial charge < -0.3 is 0 Å². The molecule has 30 heavy (non-hydrogen) atoms. The number of hydrogen-bond acceptors (Lipinski definition) is 5. The van der Waals surface area contributed by atoms with Crippen molar-refractivity contribution in [3.63, 3.8) is 0 Å². The van der Waals surface area contributed by atoms with E-state index in [1.54, 1.807) is 60.8 Å². The number of aryl methyl sites for hydroxylation is 1. The number of amides is 1. The third kappa shape index (κ3) is 5.22. The molecule has 3 rings (SSSR count). The molecule has 1 aromatic heterocycles. The number of hydrazone groups is 1. The highest BCUT2D eigenvalue weighted by molar-refractivity contribution is 7.92. The molecule has 154 valence electrons. The van der Waals surface area contributed by atoms with Gasteiger partial charge in [-0.25, -0.2) is 13.8 Å². The Bertz CT molecular complexity index is 1150. The number of sulfonamides is 1. The largest absolute Gasteiger partial charge is 0.271 e. The van der Waals surface area contributed by atoms with Crippen LogP contribution in [0.1, 0.15) is 11.3 Å². The molecule has 0 saturated carbocycles. The predicted octanol–water partition coefficient (Wildman–Crippen LogP) is 3.39. The van der Waals surface area contributed by atoms with Gasteiger partial charge in [-0.05, 0) is 43.3 Å². The van der Waals surface area contributed by atoms with Crippen LogP contribution in [0, 0.1) is 6.92 Å². The standard InChI is InChI=1S/C21H19ClN4O3S/c1-16-9-11-18(12-10-16)30(28,29)26(20-8-3-2-7-19(20)22)15-21(27)25-24-14-17-6-4-5-13-23-17/h2-14H,15H2,1H3,(H,25,27)/b24-14-. The zero-order valence-electron chi connectivity index (χ0n) is 16.1. The van der Waals surface area contributed by atoms with Crippen LogP contribution in [0.3, 0.4) is 0 Å². The molecule has 1 heterocycles. The van der Waals surface area contributed by atoms with Crippen LogP contribution in [0.25, 0.3) is 0 Å². The monoisotopic (exact) mass is 442 g/mol. The number of benzene rings is 2. The summed E-state index contributed by atoms with van der Waals surface area (Å²) in [7, 11) is -4.04. The Kier molecular flexibility index (Phi) is 6.81.